The van der Waals surface area contributed by atoms with E-state index in [9.17, 15) is 14.4 Å². The summed E-state index contributed by atoms with van der Waals surface area (Å²) in [5.74, 6) is -0.814. The van der Waals surface area contributed by atoms with Crippen LogP contribution in [0.15, 0.2) is 22.7 Å². The van der Waals surface area contributed by atoms with Gasteiger partial charge >= 0.3 is 6.03 Å². The molecule has 0 radical (unpaired) electrons. The van der Waals surface area contributed by atoms with E-state index in [1.807, 2.05) is 25.1 Å². The molecule has 1 spiro atoms. The van der Waals surface area contributed by atoms with Crippen molar-refractivity contribution < 1.29 is 14.4 Å². The molecule has 1 aliphatic carbocycles. The molecule has 134 valence electrons. The van der Waals surface area contributed by atoms with Crippen molar-refractivity contribution >= 4 is 39.5 Å². The van der Waals surface area contributed by atoms with Gasteiger partial charge in [0, 0.05) is 10.2 Å². The van der Waals surface area contributed by atoms with Crippen LogP contribution >= 0.6 is 15.9 Å². The van der Waals surface area contributed by atoms with Crippen LogP contribution in [0.3, 0.4) is 0 Å². The Balaban J connectivity index is 1.59. The van der Waals surface area contributed by atoms with Crippen molar-refractivity contribution in [3.8, 4) is 0 Å². The number of nitrogens with zero attached hydrogens (tertiary/aromatic N) is 1. The van der Waals surface area contributed by atoms with Crippen molar-refractivity contribution in [1.29, 1.82) is 0 Å². The van der Waals surface area contributed by atoms with Crippen LogP contribution in [-0.2, 0) is 9.59 Å². The highest BCUT2D eigenvalue weighted by Gasteiger charge is 2.52. The van der Waals surface area contributed by atoms with Gasteiger partial charge in [0.15, 0.2) is 0 Å². The minimum absolute atomic E-state index is 0.0499. The molecule has 3 N–H and O–H groups in total. The minimum Gasteiger partial charge on any atom is -0.375 e. The molecule has 3 rings (SSSR count). The molecule has 1 saturated carbocycles. The van der Waals surface area contributed by atoms with Crippen LogP contribution in [-0.4, -0.2) is 34.9 Å². The lowest BCUT2D eigenvalue weighted by Crippen LogP contribution is -2.51. The van der Waals surface area contributed by atoms with Gasteiger partial charge in [-0.05, 0) is 53.4 Å². The average Bonchev–Trinajstić information content (AvgIpc) is 2.79. The summed E-state index contributed by atoms with van der Waals surface area (Å²) in [5.41, 5.74) is 3.43. The second-order valence-corrected chi connectivity index (χ2v) is 7.44. The van der Waals surface area contributed by atoms with Gasteiger partial charge in [0.2, 0.25) is 0 Å². The molecule has 0 unspecified atom stereocenters. The highest BCUT2D eigenvalue weighted by molar-refractivity contribution is 9.10. The second kappa shape index (κ2) is 7.03. The quantitative estimate of drug-likeness (QED) is 0.667. The molecule has 0 bridgehead atoms. The molecular formula is C17H21BrN4O3. The summed E-state index contributed by atoms with van der Waals surface area (Å²) in [6, 6.07) is 5.16. The van der Waals surface area contributed by atoms with E-state index in [0.717, 1.165) is 40.0 Å². The highest BCUT2D eigenvalue weighted by Crippen LogP contribution is 2.33. The molecule has 0 atom stereocenters. The van der Waals surface area contributed by atoms with Crippen LogP contribution in [0.1, 0.15) is 37.7 Å². The Labute approximate surface area is 154 Å². The number of amides is 4. The lowest BCUT2D eigenvalue weighted by atomic mass is 9.82. The standard InChI is InChI=1S/C17H21BrN4O3/c1-11-5-6-13(12(18)9-11)19-10-14(23)21-22-15(24)17(20-16(22)25)7-3-2-4-8-17/h5-6,9,19H,2-4,7-8,10H2,1H3,(H,20,25)(H,21,23). The number of anilines is 1. The van der Waals surface area contributed by atoms with Crippen molar-refractivity contribution in [1.82, 2.24) is 15.8 Å². The number of aryl methyl sites for hydroxylation is 1. The first-order valence-electron chi connectivity index (χ1n) is 8.37. The summed E-state index contributed by atoms with van der Waals surface area (Å²) in [6.07, 6.45) is 4.11. The van der Waals surface area contributed by atoms with E-state index < -0.39 is 17.5 Å². The fourth-order valence-corrected chi connectivity index (χ4v) is 3.95. The van der Waals surface area contributed by atoms with E-state index in [0.29, 0.717) is 12.8 Å². The third-order valence-corrected chi connectivity index (χ3v) is 5.33. The first-order valence-corrected chi connectivity index (χ1v) is 9.17. The SMILES string of the molecule is Cc1ccc(NCC(=O)NN2C(=O)NC3(CCCCC3)C2=O)c(Br)c1. The lowest BCUT2D eigenvalue weighted by Gasteiger charge is -2.30. The Morgan fingerprint density at radius 3 is 2.68 bits per heavy atom. The number of benzene rings is 1. The maximum atomic E-state index is 12.6. The lowest BCUT2D eigenvalue weighted by molar-refractivity contribution is -0.139. The van der Waals surface area contributed by atoms with Crippen molar-refractivity contribution in [2.75, 3.05) is 11.9 Å². The summed E-state index contributed by atoms with van der Waals surface area (Å²) >= 11 is 3.43. The number of halogens is 1. The summed E-state index contributed by atoms with van der Waals surface area (Å²) in [6.45, 7) is 1.92. The Bertz CT molecular complexity index is 716. The summed E-state index contributed by atoms with van der Waals surface area (Å²) in [7, 11) is 0. The second-order valence-electron chi connectivity index (χ2n) is 6.59. The van der Waals surface area contributed by atoms with Crippen molar-refractivity contribution in [2.45, 2.75) is 44.6 Å². The van der Waals surface area contributed by atoms with Gasteiger partial charge in [0.25, 0.3) is 11.8 Å². The van der Waals surface area contributed by atoms with Gasteiger partial charge in [-0.25, -0.2) is 4.79 Å². The van der Waals surface area contributed by atoms with Gasteiger partial charge in [-0.15, -0.1) is 0 Å². The highest BCUT2D eigenvalue weighted by atomic mass is 79.9. The maximum Gasteiger partial charge on any atom is 0.344 e. The Hall–Kier alpha value is -2.09. The zero-order chi connectivity index (χ0) is 18.0. The first-order chi connectivity index (χ1) is 11.9. The number of nitrogens with one attached hydrogen (secondary N) is 3. The molecular weight excluding hydrogens is 388 g/mol. The number of carbonyl (C=O) groups is 3. The van der Waals surface area contributed by atoms with E-state index in [4.69, 9.17) is 0 Å². The van der Waals surface area contributed by atoms with E-state index in [2.05, 4.69) is 32.0 Å². The van der Waals surface area contributed by atoms with E-state index in [1.165, 1.54) is 0 Å². The number of hydrazine groups is 1. The van der Waals surface area contributed by atoms with Crippen molar-refractivity contribution in [3.05, 3.63) is 28.2 Å². The molecule has 2 fully saturated rings. The van der Waals surface area contributed by atoms with Gasteiger partial charge < -0.3 is 10.6 Å². The Morgan fingerprint density at radius 1 is 1.28 bits per heavy atom. The topological polar surface area (TPSA) is 90.5 Å². The molecule has 4 amide bonds. The molecule has 1 saturated heterocycles. The van der Waals surface area contributed by atoms with Crippen LogP contribution in [0, 0.1) is 6.92 Å². The Kier molecular flexibility index (Phi) is 4.99. The zero-order valence-corrected chi connectivity index (χ0v) is 15.6. The maximum absolute atomic E-state index is 12.6. The number of urea groups is 1. The largest absolute Gasteiger partial charge is 0.375 e. The third-order valence-electron chi connectivity index (χ3n) is 4.67. The van der Waals surface area contributed by atoms with E-state index >= 15 is 0 Å². The smallest absolute Gasteiger partial charge is 0.344 e. The fourth-order valence-electron chi connectivity index (χ4n) is 3.32. The molecule has 8 heteroatoms. The number of hydrogen-bond donors (Lipinski definition) is 3. The molecule has 1 aromatic rings. The molecule has 2 aliphatic rings. The predicted octanol–water partition coefficient (Wildman–Crippen LogP) is 2.46. The molecule has 7 nitrogen and oxygen atoms in total. The average molecular weight is 409 g/mol. The van der Waals surface area contributed by atoms with Gasteiger partial charge in [-0.3, -0.25) is 15.0 Å². The zero-order valence-electron chi connectivity index (χ0n) is 14.0. The van der Waals surface area contributed by atoms with Crippen LogP contribution in [0.4, 0.5) is 10.5 Å². The van der Waals surface area contributed by atoms with Crippen molar-refractivity contribution in [3.63, 3.8) is 0 Å². The molecule has 1 aliphatic heterocycles. The first kappa shape index (κ1) is 17.7. The third kappa shape index (κ3) is 3.63. The summed E-state index contributed by atoms with van der Waals surface area (Å²) in [5, 5.41) is 6.56. The van der Waals surface area contributed by atoms with Crippen molar-refractivity contribution in [2.24, 2.45) is 0 Å². The molecule has 25 heavy (non-hydrogen) atoms. The number of hydrogen-bond acceptors (Lipinski definition) is 4. The normalized spacial score (nSPS) is 19.0. The van der Waals surface area contributed by atoms with Crippen LogP contribution in [0.5, 0.6) is 0 Å². The van der Waals surface area contributed by atoms with Crippen LogP contribution in [0.2, 0.25) is 0 Å². The number of rotatable bonds is 4. The molecule has 0 aromatic heterocycles. The van der Waals surface area contributed by atoms with Gasteiger partial charge in [-0.2, -0.15) is 5.01 Å². The minimum atomic E-state index is -0.837. The van der Waals surface area contributed by atoms with E-state index in [-0.39, 0.29) is 12.5 Å². The van der Waals surface area contributed by atoms with E-state index in [1.54, 1.807) is 0 Å². The fraction of sp³-hybridized carbons (Fsp3) is 0.471. The Morgan fingerprint density at radius 2 is 2.00 bits per heavy atom. The van der Waals surface area contributed by atoms with Gasteiger partial charge in [0.05, 0.1) is 6.54 Å². The van der Waals surface area contributed by atoms with Gasteiger partial charge in [0.1, 0.15) is 5.54 Å². The monoisotopic (exact) mass is 408 g/mol. The summed E-state index contributed by atoms with van der Waals surface area (Å²) < 4.78 is 0.844. The van der Waals surface area contributed by atoms with Crippen LogP contribution < -0.4 is 16.1 Å². The van der Waals surface area contributed by atoms with Crippen LogP contribution in [0.25, 0.3) is 0 Å². The summed E-state index contributed by atoms with van der Waals surface area (Å²) in [4.78, 5) is 36.9. The number of imide groups is 1. The predicted molar refractivity (Wildman–Crippen MR) is 96.7 cm³/mol. The number of carbonyl (C=O) groups excluding carboxylic acids is 3. The van der Waals surface area contributed by atoms with Gasteiger partial charge in [-0.1, -0.05) is 25.3 Å². The molecule has 1 heterocycles. The molecule has 1 aromatic carbocycles.